The van der Waals surface area contributed by atoms with Crippen molar-refractivity contribution in [1.29, 1.82) is 0 Å². The second kappa shape index (κ2) is 7.42. The molecule has 1 aromatic carbocycles. The third-order valence-corrected chi connectivity index (χ3v) is 4.15. The molecular formula is C17H18F2N4O2. The van der Waals surface area contributed by atoms with Crippen LogP contribution < -0.4 is 15.4 Å². The van der Waals surface area contributed by atoms with Gasteiger partial charge < -0.3 is 15.4 Å². The van der Waals surface area contributed by atoms with Crippen molar-refractivity contribution >= 4 is 11.7 Å². The van der Waals surface area contributed by atoms with E-state index in [4.69, 9.17) is 5.73 Å². The maximum atomic E-state index is 12.3. The molecule has 0 unspecified atom stereocenters. The molecule has 2 N–H and O–H groups in total. The largest absolute Gasteiger partial charge is 0.435 e. The second-order valence-electron chi connectivity index (χ2n) is 5.87. The van der Waals surface area contributed by atoms with Crippen LogP contribution in [0.1, 0.15) is 12.8 Å². The Hall–Kier alpha value is -2.77. The molecule has 3 rings (SSSR count). The minimum absolute atomic E-state index is 0.0682. The number of nitrogens with two attached hydrogens (primary N) is 1. The minimum Gasteiger partial charge on any atom is -0.435 e. The molecule has 25 heavy (non-hydrogen) atoms. The van der Waals surface area contributed by atoms with E-state index in [2.05, 4.69) is 14.9 Å². The molecule has 1 aromatic heterocycles. The molecule has 8 heteroatoms. The highest BCUT2D eigenvalue weighted by molar-refractivity contribution is 5.77. The lowest BCUT2D eigenvalue weighted by Gasteiger charge is -2.31. The van der Waals surface area contributed by atoms with E-state index < -0.39 is 6.61 Å². The number of hydrogen-bond donors (Lipinski definition) is 1. The van der Waals surface area contributed by atoms with Crippen LogP contribution in [0.15, 0.2) is 36.4 Å². The Bertz CT molecular complexity index is 740. The van der Waals surface area contributed by atoms with Crippen molar-refractivity contribution in [3.8, 4) is 17.0 Å². The number of ether oxygens (including phenoxy) is 1. The number of halogens is 2. The van der Waals surface area contributed by atoms with E-state index in [1.807, 2.05) is 4.90 Å². The van der Waals surface area contributed by atoms with Gasteiger partial charge in [0.25, 0.3) is 0 Å². The van der Waals surface area contributed by atoms with Gasteiger partial charge in [0.1, 0.15) is 5.75 Å². The summed E-state index contributed by atoms with van der Waals surface area (Å²) in [5.74, 6) is 0.247. The van der Waals surface area contributed by atoms with Crippen LogP contribution in [-0.2, 0) is 4.79 Å². The average molecular weight is 348 g/mol. The number of alkyl halides is 2. The smallest absolute Gasteiger partial charge is 0.387 e. The van der Waals surface area contributed by atoms with E-state index in [1.54, 1.807) is 24.3 Å². The van der Waals surface area contributed by atoms with Crippen LogP contribution >= 0.6 is 0 Å². The number of piperidine rings is 1. The average Bonchev–Trinajstić information content (AvgIpc) is 2.62. The number of aromatic nitrogens is 2. The van der Waals surface area contributed by atoms with E-state index >= 15 is 0 Å². The molecule has 0 radical (unpaired) electrons. The molecule has 1 saturated heterocycles. The van der Waals surface area contributed by atoms with Crippen LogP contribution in [0.25, 0.3) is 11.3 Å². The summed E-state index contributed by atoms with van der Waals surface area (Å²) in [5, 5.41) is 8.36. The SMILES string of the molecule is NC(=O)[C@H]1CCCN(c2ccc(-c3cccc(OC(F)F)c3)nn2)C1. The quantitative estimate of drug-likeness (QED) is 0.898. The zero-order chi connectivity index (χ0) is 17.8. The Morgan fingerprint density at radius 3 is 2.80 bits per heavy atom. The van der Waals surface area contributed by atoms with Gasteiger partial charge in [-0.2, -0.15) is 8.78 Å². The van der Waals surface area contributed by atoms with Gasteiger partial charge in [-0.1, -0.05) is 12.1 Å². The van der Waals surface area contributed by atoms with E-state index in [-0.39, 0.29) is 17.6 Å². The van der Waals surface area contributed by atoms with Crippen LogP contribution in [0.4, 0.5) is 14.6 Å². The molecule has 1 atom stereocenters. The first-order chi connectivity index (χ1) is 12.0. The fraction of sp³-hybridized carbons (Fsp3) is 0.353. The molecule has 6 nitrogen and oxygen atoms in total. The zero-order valence-electron chi connectivity index (χ0n) is 13.4. The predicted molar refractivity (Wildman–Crippen MR) is 88.2 cm³/mol. The summed E-state index contributed by atoms with van der Waals surface area (Å²) in [6.07, 6.45) is 1.65. The molecule has 0 saturated carbocycles. The Labute approximate surface area is 143 Å². The Morgan fingerprint density at radius 1 is 1.28 bits per heavy atom. The van der Waals surface area contributed by atoms with E-state index in [0.29, 0.717) is 23.6 Å². The number of benzene rings is 1. The number of primary amides is 1. The first-order valence-corrected chi connectivity index (χ1v) is 7.96. The highest BCUT2D eigenvalue weighted by Gasteiger charge is 2.24. The third-order valence-electron chi connectivity index (χ3n) is 4.15. The number of anilines is 1. The summed E-state index contributed by atoms with van der Waals surface area (Å²) in [5.41, 5.74) is 6.57. The molecule has 0 bridgehead atoms. The van der Waals surface area contributed by atoms with Crippen LogP contribution in [0.3, 0.4) is 0 Å². The maximum Gasteiger partial charge on any atom is 0.387 e. The van der Waals surface area contributed by atoms with Gasteiger partial charge in [0.2, 0.25) is 5.91 Å². The fourth-order valence-corrected chi connectivity index (χ4v) is 2.90. The lowest BCUT2D eigenvalue weighted by molar-refractivity contribution is -0.122. The summed E-state index contributed by atoms with van der Waals surface area (Å²) in [7, 11) is 0. The number of rotatable bonds is 5. The summed E-state index contributed by atoms with van der Waals surface area (Å²) in [6, 6.07) is 9.86. The molecule has 2 heterocycles. The van der Waals surface area contributed by atoms with Gasteiger partial charge in [-0.05, 0) is 37.1 Å². The summed E-state index contributed by atoms with van der Waals surface area (Å²) >= 11 is 0. The van der Waals surface area contributed by atoms with Crippen molar-refractivity contribution in [3.05, 3.63) is 36.4 Å². The van der Waals surface area contributed by atoms with Crippen LogP contribution in [0, 0.1) is 5.92 Å². The van der Waals surface area contributed by atoms with Crippen molar-refractivity contribution in [2.45, 2.75) is 19.5 Å². The van der Waals surface area contributed by atoms with Gasteiger partial charge in [0.05, 0.1) is 11.6 Å². The maximum absolute atomic E-state index is 12.3. The van der Waals surface area contributed by atoms with Crippen molar-refractivity contribution < 1.29 is 18.3 Å². The zero-order valence-corrected chi connectivity index (χ0v) is 13.4. The normalized spacial score (nSPS) is 17.6. The monoisotopic (exact) mass is 348 g/mol. The Balaban J connectivity index is 1.75. The van der Waals surface area contributed by atoms with E-state index in [0.717, 1.165) is 19.4 Å². The molecule has 0 aliphatic carbocycles. The summed E-state index contributed by atoms with van der Waals surface area (Å²) in [6.45, 7) is -1.56. The topological polar surface area (TPSA) is 81.3 Å². The van der Waals surface area contributed by atoms with E-state index in [1.165, 1.54) is 12.1 Å². The molecule has 2 aromatic rings. The number of carbonyl (C=O) groups is 1. The van der Waals surface area contributed by atoms with Crippen molar-refractivity contribution in [1.82, 2.24) is 10.2 Å². The number of amides is 1. The fourth-order valence-electron chi connectivity index (χ4n) is 2.90. The van der Waals surface area contributed by atoms with Crippen molar-refractivity contribution in [3.63, 3.8) is 0 Å². The highest BCUT2D eigenvalue weighted by Crippen LogP contribution is 2.25. The molecule has 1 amide bonds. The standard InChI is InChI=1S/C17H18F2N4O2/c18-17(19)25-13-5-1-3-11(9-13)14-6-7-15(22-21-14)23-8-2-4-12(10-23)16(20)24/h1,3,5-7,9,12,17H,2,4,8,10H2,(H2,20,24)/t12-/m0/s1. The van der Waals surface area contributed by atoms with E-state index in [9.17, 15) is 13.6 Å². The lowest BCUT2D eigenvalue weighted by atomic mass is 9.97. The first-order valence-electron chi connectivity index (χ1n) is 7.96. The second-order valence-corrected chi connectivity index (χ2v) is 5.87. The van der Waals surface area contributed by atoms with Gasteiger partial charge in [-0.3, -0.25) is 4.79 Å². The van der Waals surface area contributed by atoms with Crippen LogP contribution in [0.5, 0.6) is 5.75 Å². The van der Waals surface area contributed by atoms with Gasteiger partial charge in [0, 0.05) is 18.7 Å². The van der Waals surface area contributed by atoms with Crippen LogP contribution in [0.2, 0.25) is 0 Å². The highest BCUT2D eigenvalue weighted by atomic mass is 19.3. The molecular weight excluding hydrogens is 330 g/mol. The minimum atomic E-state index is -2.87. The molecule has 1 aliphatic rings. The lowest BCUT2D eigenvalue weighted by Crippen LogP contribution is -2.41. The molecule has 1 fully saturated rings. The third kappa shape index (κ3) is 4.20. The van der Waals surface area contributed by atoms with Gasteiger partial charge >= 0.3 is 6.61 Å². The summed E-state index contributed by atoms with van der Waals surface area (Å²) < 4.78 is 29.0. The molecule has 132 valence electrons. The summed E-state index contributed by atoms with van der Waals surface area (Å²) in [4.78, 5) is 13.4. The number of nitrogens with zero attached hydrogens (tertiary/aromatic N) is 3. The van der Waals surface area contributed by atoms with Gasteiger partial charge in [0.15, 0.2) is 5.82 Å². The number of carbonyl (C=O) groups excluding carboxylic acids is 1. The molecule has 1 aliphatic heterocycles. The van der Waals surface area contributed by atoms with Gasteiger partial charge in [-0.15, -0.1) is 10.2 Å². The first kappa shape index (κ1) is 17.1. The Morgan fingerprint density at radius 2 is 2.12 bits per heavy atom. The van der Waals surface area contributed by atoms with Crippen molar-refractivity contribution in [2.75, 3.05) is 18.0 Å². The van der Waals surface area contributed by atoms with Crippen molar-refractivity contribution in [2.24, 2.45) is 11.7 Å². The van der Waals surface area contributed by atoms with Crippen LogP contribution in [-0.4, -0.2) is 35.8 Å². The molecule has 0 spiro atoms. The predicted octanol–water partition coefficient (Wildman–Crippen LogP) is 2.45. The number of hydrogen-bond acceptors (Lipinski definition) is 5. The van der Waals surface area contributed by atoms with Gasteiger partial charge in [-0.25, -0.2) is 0 Å². The Kier molecular flexibility index (Phi) is 5.06.